The van der Waals surface area contributed by atoms with E-state index in [1.165, 1.54) is 6.07 Å². The van der Waals surface area contributed by atoms with Crippen molar-refractivity contribution in [1.29, 1.82) is 0 Å². The van der Waals surface area contributed by atoms with Gasteiger partial charge in [0.15, 0.2) is 5.43 Å². The van der Waals surface area contributed by atoms with Gasteiger partial charge in [-0.15, -0.1) is 0 Å². The van der Waals surface area contributed by atoms with Crippen molar-refractivity contribution >= 4 is 10.9 Å². The summed E-state index contributed by atoms with van der Waals surface area (Å²) in [5.41, 5.74) is 1.16. The van der Waals surface area contributed by atoms with E-state index < -0.39 is 12.2 Å². The summed E-state index contributed by atoms with van der Waals surface area (Å²) >= 11 is 0. The van der Waals surface area contributed by atoms with Crippen molar-refractivity contribution in [2.45, 2.75) is 18.6 Å². The zero-order valence-electron chi connectivity index (χ0n) is 10.8. The standard InChI is InChI=1S/C14H18N2O3/c1-15-6-4-13(18)14(19)9-2-3-11-10(8-9)12(17)5-7-16-11/h2-3,5,7-8,13-15,18-19H,4,6H2,1H3,(H,16,17). The van der Waals surface area contributed by atoms with Gasteiger partial charge in [0.1, 0.15) is 6.10 Å². The first-order valence-corrected chi connectivity index (χ1v) is 6.25. The van der Waals surface area contributed by atoms with Gasteiger partial charge in [-0.2, -0.15) is 0 Å². The topological polar surface area (TPSA) is 85.3 Å². The van der Waals surface area contributed by atoms with Crippen LogP contribution in [-0.2, 0) is 0 Å². The highest BCUT2D eigenvalue weighted by molar-refractivity contribution is 5.78. The van der Waals surface area contributed by atoms with E-state index in [4.69, 9.17) is 0 Å². The molecule has 1 aromatic carbocycles. The molecular weight excluding hydrogens is 244 g/mol. The fraction of sp³-hybridized carbons (Fsp3) is 0.357. The summed E-state index contributed by atoms with van der Waals surface area (Å²) in [4.78, 5) is 14.7. The van der Waals surface area contributed by atoms with Gasteiger partial charge in [-0.3, -0.25) is 4.79 Å². The molecule has 2 aromatic rings. The Morgan fingerprint density at radius 3 is 2.84 bits per heavy atom. The fourth-order valence-electron chi connectivity index (χ4n) is 2.04. The van der Waals surface area contributed by atoms with Crippen LogP contribution in [-0.4, -0.2) is 34.9 Å². The van der Waals surface area contributed by atoms with E-state index in [9.17, 15) is 15.0 Å². The number of pyridine rings is 1. The summed E-state index contributed by atoms with van der Waals surface area (Å²) in [5, 5.41) is 23.4. The van der Waals surface area contributed by atoms with Gasteiger partial charge in [0, 0.05) is 23.2 Å². The molecule has 19 heavy (non-hydrogen) atoms. The monoisotopic (exact) mass is 262 g/mol. The molecular formula is C14H18N2O3. The van der Waals surface area contributed by atoms with Gasteiger partial charge in [-0.05, 0) is 37.7 Å². The number of aromatic nitrogens is 1. The van der Waals surface area contributed by atoms with Gasteiger partial charge < -0.3 is 20.5 Å². The minimum Gasteiger partial charge on any atom is -0.390 e. The Bertz CT molecular complexity index is 609. The molecule has 0 fully saturated rings. The Morgan fingerprint density at radius 1 is 1.32 bits per heavy atom. The number of benzene rings is 1. The number of aromatic amines is 1. The molecule has 102 valence electrons. The molecule has 0 amide bonds. The molecule has 5 heteroatoms. The predicted molar refractivity (Wildman–Crippen MR) is 74.1 cm³/mol. The third kappa shape index (κ3) is 3.01. The van der Waals surface area contributed by atoms with Crippen molar-refractivity contribution in [3.05, 3.63) is 46.2 Å². The number of hydrogen-bond donors (Lipinski definition) is 4. The number of H-pyrrole nitrogens is 1. The zero-order chi connectivity index (χ0) is 13.8. The Morgan fingerprint density at radius 2 is 2.11 bits per heavy atom. The van der Waals surface area contributed by atoms with Gasteiger partial charge in [0.2, 0.25) is 0 Å². The van der Waals surface area contributed by atoms with Crippen molar-refractivity contribution in [1.82, 2.24) is 10.3 Å². The summed E-state index contributed by atoms with van der Waals surface area (Å²) in [6, 6.07) is 6.52. The normalized spacial score (nSPS) is 14.5. The van der Waals surface area contributed by atoms with Crippen LogP contribution >= 0.6 is 0 Å². The molecule has 0 radical (unpaired) electrons. The second-order valence-corrected chi connectivity index (χ2v) is 4.55. The van der Waals surface area contributed by atoms with Crippen molar-refractivity contribution < 1.29 is 10.2 Å². The average Bonchev–Trinajstić information content (AvgIpc) is 2.44. The summed E-state index contributed by atoms with van der Waals surface area (Å²) in [6.07, 6.45) is 0.189. The van der Waals surface area contributed by atoms with E-state index in [0.717, 1.165) is 0 Å². The van der Waals surface area contributed by atoms with Crippen molar-refractivity contribution in [2.75, 3.05) is 13.6 Å². The smallest absolute Gasteiger partial charge is 0.189 e. The molecule has 2 atom stereocenters. The molecule has 1 aromatic heterocycles. The predicted octanol–water partition coefficient (Wildman–Crippen LogP) is 0.532. The highest BCUT2D eigenvalue weighted by Gasteiger charge is 2.18. The molecule has 4 N–H and O–H groups in total. The number of fused-ring (bicyclic) bond motifs is 1. The lowest BCUT2D eigenvalue weighted by Gasteiger charge is -2.18. The molecule has 0 saturated carbocycles. The molecule has 2 unspecified atom stereocenters. The third-order valence-electron chi connectivity index (χ3n) is 3.18. The lowest BCUT2D eigenvalue weighted by atomic mass is 10.0. The molecule has 0 aliphatic heterocycles. The number of aliphatic hydroxyl groups is 2. The maximum Gasteiger partial charge on any atom is 0.189 e. The maximum atomic E-state index is 11.7. The van der Waals surface area contributed by atoms with Gasteiger partial charge in [-0.25, -0.2) is 0 Å². The van der Waals surface area contributed by atoms with Crippen LogP contribution in [0.5, 0.6) is 0 Å². The van der Waals surface area contributed by atoms with Crippen LogP contribution in [0.1, 0.15) is 18.1 Å². The second kappa shape index (κ2) is 5.97. The minimum absolute atomic E-state index is 0.104. The minimum atomic E-state index is -0.989. The number of rotatable bonds is 5. The van der Waals surface area contributed by atoms with Crippen LogP contribution in [0, 0.1) is 0 Å². The van der Waals surface area contributed by atoms with Gasteiger partial charge >= 0.3 is 0 Å². The van der Waals surface area contributed by atoms with Crippen LogP contribution in [0.3, 0.4) is 0 Å². The highest BCUT2D eigenvalue weighted by atomic mass is 16.3. The van der Waals surface area contributed by atoms with E-state index >= 15 is 0 Å². The maximum absolute atomic E-state index is 11.7. The average molecular weight is 262 g/mol. The lowest BCUT2D eigenvalue weighted by molar-refractivity contribution is 0.0141. The molecule has 5 nitrogen and oxygen atoms in total. The van der Waals surface area contributed by atoms with Gasteiger partial charge in [-0.1, -0.05) is 6.07 Å². The molecule has 0 spiro atoms. The summed E-state index contributed by atoms with van der Waals surface area (Å²) in [7, 11) is 1.79. The largest absolute Gasteiger partial charge is 0.390 e. The SMILES string of the molecule is CNCCC(O)C(O)c1ccc2[nH]ccc(=O)c2c1. The zero-order valence-corrected chi connectivity index (χ0v) is 10.8. The van der Waals surface area contributed by atoms with Gasteiger partial charge in [0.25, 0.3) is 0 Å². The molecule has 2 rings (SSSR count). The third-order valence-corrected chi connectivity index (χ3v) is 3.18. The van der Waals surface area contributed by atoms with Crippen LogP contribution in [0.2, 0.25) is 0 Å². The summed E-state index contributed by atoms with van der Waals surface area (Å²) < 4.78 is 0. The summed E-state index contributed by atoms with van der Waals surface area (Å²) in [6.45, 7) is 0.617. The molecule has 0 bridgehead atoms. The summed E-state index contributed by atoms with van der Waals surface area (Å²) in [5.74, 6) is 0. The Balaban J connectivity index is 2.30. The van der Waals surface area contributed by atoms with Crippen LogP contribution in [0.4, 0.5) is 0 Å². The van der Waals surface area contributed by atoms with Crippen molar-refractivity contribution in [2.24, 2.45) is 0 Å². The first kappa shape index (κ1) is 13.7. The first-order valence-electron chi connectivity index (χ1n) is 6.25. The quantitative estimate of drug-likeness (QED) is 0.633. The molecule has 1 heterocycles. The second-order valence-electron chi connectivity index (χ2n) is 4.55. The van der Waals surface area contributed by atoms with Crippen LogP contribution < -0.4 is 10.7 Å². The van der Waals surface area contributed by atoms with Crippen LogP contribution in [0.15, 0.2) is 35.3 Å². The number of aliphatic hydroxyl groups excluding tert-OH is 2. The Labute approximate surface area is 110 Å². The molecule has 0 aliphatic rings. The van der Waals surface area contributed by atoms with Crippen molar-refractivity contribution in [3.8, 4) is 0 Å². The highest BCUT2D eigenvalue weighted by Crippen LogP contribution is 2.21. The first-order chi connectivity index (χ1) is 9.13. The van der Waals surface area contributed by atoms with E-state index in [1.54, 1.807) is 31.4 Å². The van der Waals surface area contributed by atoms with E-state index in [-0.39, 0.29) is 5.43 Å². The van der Waals surface area contributed by atoms with E-state index in [2.05, 4.69) is 10.3 Å². The van der Waals surface area contributed by atoms with Crippen LogP contribution in [0.25, 0.3) is 10.9 Å². The van der Waals surface area contributed by atoms with Gasteiger partial charge in [0.05, 0.1) is 6.10 Å². The Kier molecular flexibility index (Phi) is 4.31. The molecule has 0 saturated heterocycles. The van der Waals surface area contributed by atoms with Crippen molar-refractivity contribution in [3.63, 3.8) is 0 Å². The molecule has 0 aliphatic carbocycles. The van der Waals surface area contributed by atoms with E-state index in [0.29, 0.717) is 29.4 Å². The van der Waals surface area contributed by atoms with E-state index in [1.807, 2.05) is 0 Å². The lowest BCUT2D eigenvalue weighted by Crippen LogP contribution is -2.23. The Hall–Kier alpha value is -1.69. The fourth-order valence-corrected chi connectivity index (χ4v) is 2.04. The number of hydrogen-bond acceptors (Lipinski definition) is 4. The number of nitrogens with one attached hydrogen (secondary N) is 2.